The first-order valence-corrected chi connectivity index (χ1v) is 7.41. The topological polar surface area (TPSA) is 44.5 Å². The minimum absolute atomic E-state index is 0.0487. The van der Waals surface area contributed by atoms with Crippen LogP contribution in [0.15, 0.2) is 48.5 Å². The van der Waals surface area contributed by atoms with Gasteiger partial charge in [0.25, 0.3) is 0 Å². The van der Waals surface area contributed by atoms with Gasteiger partial charge in [0, 0.05) is 17.7 Å². The number of halogens is 1. The van der Waals surface area contributed by atoms with Gasteiger partial charge in [-0.05, 0) is 35.1 Å². The van der Waals surface area contributed by atoms with Crippen molar-refractivity contribution >= 4 is 24.2 Å². The standard InChI is InChI=1S/C16H17BClNO2/c18-14-6-7-16-13(9-14)10-20-17(16)21-11-15(19)8-12-4-2-1-3-5-12/h1-7,9,15H,8,10-11,19H2/t15-/m0/s1. The highest BCUT2D eigenvalue weighted by molar-refractivity contribution is 6.63. The van der Waals surface area contributed by atoms with E-state index in [1.165, 1.54) is 5.56 Å². The molecule has 0 saturated heterocycles. The summed E-state index contributed by atoms with van der Waals surface area (Å²) in [5.41, 5.74) is 9.48. The molecule has 0 aromatic heterocycles. The number of fused-ring (bicyclic) bond motifs is 1. The van der Waals surface area contributed by atoms with Gasteiger partial charge < -0.3 is 15.0 Å². The van der Waals surface area contributed by atoms with Gasteiger partial charge in [0.15, 0.2) is 0 Å². The summed E-state index contributed by atoms with van der Waals surface area (Å²) in [5.74, 6) is 0. The average molecular weight is 302 g/mol. The van der Waals surface area contributed by atoms with Crippen molar-refractivity contribution in [3.05, 3.63) is 64.7 Å². The zero-order valence-corrected chi connectivity index (χ0v) is 12.4. The first-order valence-electron chi connectivity index (χ1n) is 7.03. The van der Waals surface area contributed by atoms with Crippen LogP contribution in [-0.2, 0) is 22.3 Å². The van der Waals surface area contributed by atoms with E-state index in [-0.39, 0.29) is 13.2 Å². The largest absolute Gasteiger partial charge is 0.494 e. The Morgan fingerprint density at radius 3 is 2.86 bits per heavy atom. The van der Waals surface area contributed by atoms with Crippen LogP contribution >= 0.6 is 11.6 Å². The minimum atomic E-state index is -0.334. The molecule has 0 fully saturated rings. The van der Waals surface area contributed by atoms with E-state index in [4.69, 9.17) is 26.6 Å². The van der Waals surface area contributed by atoms with Gasteiger partial charge in [0.05, 0.1) is 6.61 Å². The van der Waals surface area contributed by atoms with Crippen LogP contribution in [0.1, 0.15) is 11.1 Å². The molecule has 0 bridgehead atoms. The second-order valence-corrected chi connectivity index (χ2v) is 5.71. The third-order valence-electron chi connectivity index (χ3n) is 3.55. The second kappa shape index (κ2) is 6.63. The van der Waals surface area contributed by atoms with E-state index in [1.807, 2.05) is 36.4 Å². The molecular formula is C16H17BClNO2. The number of hydrogen-bond acceptors (Lipinski definition) is 3. The molecule has 0 radical (unpaired) electrons. The third kappa shape index (κ3) is 3.66. The Morgan fingerprint density at radius 1 is 1.24 bits per heavy atom. The third-order valence-corrected chi connectivity index (χ3v) is 3.79. The number of rotatable bonds is 5. The van der Waals surface area contributed by atoms with Gasteiger partial charge in [-0.15, -0.1) is 0 Å². The molecule has 0 amide bonds. The molecule has 0 spiro atoms. The molecule has 0 saturated carbocycles. The second-order valence-electron chi connectivity index (χ2n) is 5.27. The molecule has 21 heavy (non-hydrogen) atoms. The predicted molar refractivity (Wildman–Crippen MR) is 85.7 cm³/mol. The molecule has 1 aliphatic heterocycles. The summed E-state index contributed by atoms with van der Waals surface area (Å²) in [4.78, 5) is 0. The fourth-order valence-electron chi connectivity index (χ4n) is 2.51. The summed E-state index contributed by atoms with van der Waals surface area (Å²) in [6.45, 7) is 0.996. The van der Waals surface area contributed by atoms with Crippen LogP contribution < -0.4 is 11.2 Å². The van der Waals surface area contributed by atoms with Crippen molar-refractivity contribution < 1.29 is 9.31 Å². The number of hydrogen-bond donors (Lipinski definition) is 1. The van der Waals surface area contributed by atoms with Crippen molar-refractivity contribution in [1.29, 1.82) is 0 Å². The van der Waals surface area contributed by atoms with Crippen LogP contribution in [0, 0.1) is 0 Å². The maximum absolute atomic E-state index is 6.13. The quantitative estimate of drug-likeness (QED) is 0.861. The highest BCUT2D eigenvalue weighted by Gasteiger charge is 2.31. The lowest BCUT2D eigenvalue weighted by Crippen LogP contribution is -2.38. The highest BCUT2D eigenvalue weighted by Crippen LogP contribution is 2.16. The molecule has 0 unspecified atom stereocenters. The fraction of sp³-hybridized carbons (Fsp3) is 0.250. The van der Waals surface area contributed by atoms with Crippen LogP contribution in [0.5, 0.6) is 0 Å². The van der Waals surface area contributed by atoms with E-state index in [2.05, 4.69) is 12.1 Å². The van der Waals surface area contributed by atoms with Crippen molar-refractivity contribution in [3.63, 3.8) is 0 Å². The van der Waals surface area contributed by atoms with Crippen molar-refractivity contribution in [2.24, 2.45) is 5.73 Å². The molecule has 2 aromatic rings. The highest BCUT2D eigenvalue weighted by atomic mass is 35.5. The van der Waals surface area contributed by atoms with E-state index < -0.39 is 0 Å². The van der Waals surface area contributed by atoms with Gasteiger partial charge >= 0.3 is 7.12 Å². The zero-order chi connectivity index (χ0) is 14.7. The minimum Gasteiger partial charge on any atom is -0.406 e. The molecule has 0 aliphatic carbocycles. The van der Waals surface area contributed by atoms with Gasteiger partial charge in [0.1, 0.15) is 0 Å². The summed E-state index contributed by atoms with van der Waals surface area (Å²) in [5, 5.41) is 0.721. The Hall–Kier alpha value is -1.33. The maximum Gasteiger partial charge on any atom is 0.494 e. The Bertz CT molecular complexity index is 608. The first kappa shape index (κ1) is 14.6. The van der Waals surface area contributed by atoms with E-state index in [0.29, 0.717) is 13.2 Å². The zero-order valence-electron chi connectivity index (χ0n) is 11.7. The maximum atomic E-state index is 6.13. The van der Waals surface area contributed by atoms with Crippen molar-refractivity contribution in [2.75, 3.05) is 6.61 Å². The Morgan fingerprint density at radius 2 is 2.05 bits per heavy atom. The van der Waals surface area contributed by atoms with E-state index in [9.17, 15) is 0 Å². The molecule has 1 atom stereocenters. The molecule has 2 aromatic carbocycles. The molecule has 1 aliphatic rings. The first-order chi connectivity index (χ1) is 10.2. The van der Waals surface area contributed by atoms with Crippen molar-refractivity contribution in [3.8, 4) is 0 Å². The van der Waals surface area contributed by atoms with Crippen LogP contribution in [0.25, 0.3) is 0 Å². The lowest BCUT2D eigenvalue weighted by atomic mass is 9.79. The molecule has 3 nitrogen and oxygen atoms in total. The molecule has 1 heterocycles. The monoisotopic (exact) mass is 301 g/mol. The SMILES string of the molecule is N[C@H](COB1OCc2cc(Cl)ccc21)Cc1ccccc1. The fourth-order valence-corrected chi connectivity index (χ4v) is 2.70. The normalized spacial score (nSPS) is 15.0. The van der Waals surface area contributed by atoms with Crippen LogP contribution in [-0.4, -0.2) is 19.8 Å². The van der Waals surface area contributed by atoms with Crippen molar-refractivity contribution in [2.45, 2.75) is 19.1 Å². The molecule has 3 rings (SSSR count). The van der Waals surface area contributed by atoms with Crippen LogP contribution in [0.4, 0.5) is 0 Å². The van der Waals surface area contributed by atoms with E-state index >= 15 is 0 Å². The van der Waals surface area contributed by atoms with E-state index in [1.54, 1.807) is 0 Å². The summed E-state index contributed by atoms with van der Waals surface area (Å²) in [7, 11) is -0.334. The van der Waals surface area contributed by atoms with Gasteiger partial charge in [0.2, 0.25) is 0 Å². The summed E-state index contributed by atoms with van der Waals surface area (Å²) in [6, 6.07) is 15.9. The molecule has 2 N–H and O–H groups in total. The summed E-state index contributed by atoms with van der Waals surface area (Å²) < 4.78 is 11.5. The number of benzene rings is 2. The smallest absolute Gasteiger partial charge is 0.406 e. The summed E-state index contributed by atoms with van der Waals surface area (Å²) >= 11 is 5.97. The van der Waals surface area contributed by atoms with Gasteiger partial charge in [-0.1, -0.05) is 48.0 Å². The van der Waals surface area contributed by atoms with Gasteiger partial charge in [-0.25, -0.2) is 0 Å². The lowest BCUT2D eigenvalue weighted by Gasteiger charge is -2.14. The Balaban J connectivity index is 1.55. The van der Waals surface area contributed by atoms with E-state index in [0.717, 1.165) is 22.5 Å². The summed E-state index contributed by atoms with van der Waals surface area (Å²) in [6.07, 6.45) is 0.793. The number of nitrogens with two attached hydrogens (primary N) is 1. The van der Waals surface area contributed by atoms with Gasteiger partial charge in [-0.3, -0.25) is 0 Å². The van der Waals surface area contributed by atoms with Crippen LogP contribution in [0.2, 0.25) is 5.02 Å². The lowest BCUT2D eigenvalue weighted by molar-refractivity contribution is 0.200. The molecule has 5 heteroatoms. The average Bonchev–Trinajstić information content (AvgIpc) is 2.88. The molecule has 108 valence electrons. The molecular weight excluding hydrogens is 284 g/mol. The predicted octanol–water partition coefficient (Wildman–Crippen LogP) is 2.15. The van der Waals surface area contributed by atoms with Crippen molar-refractivity contribution in [1.82, 2.24) is 0 Å². The van der Waals surface area contributed by atoms with Gasteiger partial charge in [-0.2, -0.15) is 0 Å². The Labute approximate surface area is 130 Å². The van der Waals surface area contributed by atoms with Crippen LogP contribution in [0.3, 0.4) is 0 Å². The Kier molecular flexibility index (Phi) is 4.61.